The van der Waals surface area contributed by atoms with Gasteiger partial charge in [-0.15, -0.1) is 0 Å². The number of rotatable bonds is 2. The summed E-state index contributed by atoms with van der Waals surface area (Å²) in [7, 11) is 3.22. The molecule has 5 heteroatoms. The van der Waals surface area contributed by atoms with E-state index in [1.807, 2.05) is 13.1 Å². The van der Waals surface area contributed by atoms with E-state index in [2.05, 4.69) is 10.1 Å². The zero-order valence-corrected chi connectivity index (χ0v) is 9.80. The number of hydrogen-bond acceptors (Lipinski definition) is 4. The van der Waals surface area contributed by atoms with Gasteiger partial charge < -0.3 is 4.74 Å². The monoisotopic (exact) mass is 231 g/mol. The maximum atomic E-state index is 11.7. The van der Waals surface area contributed by atoms with Crippen LogP contribution < -0.4 is 0 Å². The van der Waals surface area contributed by atoms with Crippen molar-refractivity contribution in [2.24, 2.45) is 7.05 Å². The first-order valence-corrected chi connectivity index (χ1v) is 5.61. The summed E-state index contributed by atoms with van der Waals surface area (Å²) >= 11 is 0. The molecule has 1 aliphatic rings. The highest BCUT2D eigenvalue weighted by Gasteiger charge is 2.27. The SMILES string of the molecule is COC(=O)c1cc(C2CC2)nc2c1cnn2C. The number of pyridine rings is 1. The van der Waals surface area contributed by atoms with Gasteiger partial charge in [-0.05, 0) is 18.9 Å². The molecule has 5 nitrogen and oxygen atoms in total. The van der Waals surface area contributed by atoms with Gasteiger partial charge in [0.25, 0.3) is 0 Å². The average molecular weight is 231 g/mol. The fourth-order valence-corrected chi connectivity index (χ4v) is 2.00. The van der Waals surface area contributed by atoms with Gasteiger partial charge in [0.2, 0.25) is 0 Å². The highest BCUT2D eigenvalue weighted by atomic mass is 16.5. The van der Waals surface area contributed by atoms with E-state index in [0.29, 0.717) is 11.5 Å². The fourth-order valence-electron chi connectivity index (χ4n) is 2.00. The van der Waals surface area contributed by atoms with E-state index in [9.17, 15) is 4.79 Å². The molecule has 0 aromatic carbocycles. The number of methoxy groups -OCH3 is 1. The zero-order chi connectivity index (χ0) is 12.0. The molecule has 0 radical (unpaired) electrons. The van der Waals surface area contributed by atoms with Gasteiger partial charge >= 0.3 is 5.97 Å². The van der Waals surface area contributed by atoms with Crippen molar-refractivity contribution < 1.29 is 9.53 Å². The first-order chi connectivity index (χ1) is 8.20. The maximum absolute atomic E-state index is 11.7. The molecule has 17 heavy (non-hydrogen) atoms. The van der Waals surface area contributed by atoms with Crippen molar-refractivity contribution in [3.05, 3.63) is 23.5 Å². The lowest BCUT2D eigenvalue weighted by Crippen LogP contribution is -2.05. The van der Waals surface area contributed by atoms with Crippen LogP contribution in [0.5, 0.6) is 0 Å². The molecule has 0 atom stereocenters. The second-order valence-electron chi connectivity index (χ2n) is 4.37. The van der Waals surface area contributed by atoms with Crippen LogP contribution in [0, 0.1) is 0 Å². The lowest BCUT2D eigenvalue weighted by molar-refractivity contribution is 0.0603. The number of esters is 1. The van der Waals surface area contributed by atoms with Gasteiger partial charge in [-0.2, -0.15) is 5.10 Å². The molecular formula is C12H13N3O2. The predicted octanol–water partition coefficient (Wildman–Crippen LogP) is 1.63. The van der Waals surface area contributed by atoms with E-state index < -0.39 is 0 Å². The molecule has 0 spiro atoms. The summed E-state index contributed by atoms with van der Waals surface area (Å²) < 4.78 is 6.49. The molecule has 0 aliphatic heterocycles. The average Bonchev–Trinajstić information content (AvgIpc) is 3.13. The van der Waals surface area contributed by atoms with Crippen LogP contribution in [-0.4, -0.2) is 27.8 Å². The molecule has 1 fully saturated rings. The number of aryl methyl sites for hydroxylation is 1. The van der Waals surface area contributed by atoms with Gasteiger partial charge in [-0.1, -0.05) is 0 Å². The molecule has 3 rings (SSSR count). The minimum Gasteiger partial charge on any atom is -0.465 e. The van der Waals surface area contributed by atoms with Crippen LogP contribution in [-0.2, 0) is 11.8 Å². The lowest BCUT2D eigenvalue weighted by Gasteiger charge is -2.04. The second-order valence-corrected chi connectivity index (χ2v) is 4.37. The first-order valence-electron chi connectivity index (χ1n) is 5.61. The van der Waals surface area contributed by atoms with E-state index in [1.165, 1.54) is 7.11 Å². The van der Waals surface area contributed by atoms with Crippen molar-refractivity contribution in [3.8, 4) is 0 Å². The van der Waals surface area contributed by atoms with Crippen molar-refractivity contribution in [1.29, 1.82) is 0 Å². The van der Waals surface area contributed by atoms with Gasteiger partial charge in [0.05, 0.1) is 24.3 Å². The summed E-state index contributed by atoms with van der Waals surface area (Å²) in [6, 6.07) is 1.84. The summed E-state index contributed by atoms with van der Waals surface area (Å²) in [4.78, 5) is 16.3. The molecule has 2 aromatic heterocycles. The molecule has 2 heterocycles. The van der Waals surface area contributed by atoms with Crippen LogP contribution in [0.3, 0.4) is 0 Å². The number of carbonyl (C=O) groups excluding carboxylic acids is 1. The Balaban J connectivity index is 2.26. The summed E-state index contributed by atoms with van der Waals surface area (Å²) in [5.74, 6) is 0.171. The van der Waals surface area contributed by atoms with Crippen molar-refractivity contribution in [2.75, 3.05) is 7.11 Å². The molecule has 1 aliphatic carbocycles. The first kappa shape index (κ1) is 10.3. The number of nitrogens with zero attached hydrogens (tertiary/aromatic N) is 3. The van der Waals surface area contributed by atoms with E-state index in [-0.39, 0.29) is 5.97 Å². The molecule has 1 saturated carbocycles. The second kappa shape index (κ2) is 3.55. The van der Waals surface area contributed by atoms with Gasteiger partial charge in [-0.3, -0.25) is 4.68 Å². The zero-order valence-electron chi connectivity index (χ0n) is 9.80. The van der Waals surface area contributed by atoms with Crippen molar-refractivity contribution in [3.63, 3.8) is 0 Å². The highest BCUT2D eigenvalue weighted by molar-refractivity contribution is 6.02. The normalized spacial score (nSPS) is 15.2. The number of carbonyl (C=O) groups is 1. The van der Waals surface area contributed by atoms with Crippen molar-refractivity contribution in [1.82, 2.24) is 14.8 Å². The van der Waals surface area contributed by atoms with Gasteiger partial charge in [0.15, 0.2) is 5.65 Å². The number of aromatic nitrogens is 3. The Morgan fingerprint density at radius 1 is 1.53 bits per heavy atom. The maximum Gasteiger partial charge on any atom is 0.338 e. The Morgan fingerprint density at radius 3 is 2.94 bits per heavy atom. The molecule has 0 bridgehead atoms. The largest absolute Gasteiger partial charge is 0.465 e. The van der Waals surface area contributed by atoms with Crippen LogP contribution in [0.2, 0.25) is 0 Å². The molecule has 0 N–H and O–H groups in total. The van der Waals surface area contributed by atoms with E-state index >= 15 is 0 Å². The van der Waals surface area contributed by atoms with Crippen LogP contribution in [0.4, 0.5) is 0 Å². The summed E-state index contributed by atoms with van der Waals surface area (Å²) in [6.07, 6.45) is 3.96. The van der Waals surface area contributed by atoms with E-state index in [1.54, 1.807) is 10.9 Å². The summed E-state index contributed by atoms with van der Waals surface area (Å²) in [6.45, 7) is 0. The van der Waals surface area contributed by atoms with Crippen molar-refractivity contribution >= 4 is 17.0 Å². The fraction of sp³-hybridized carbons (Fsp3) is 0.417. The Kier molecular flexibility index (Phi) is 2.14. The molecule has 2 aromatic rings. The smallest absolute Gasteiger partial charge is 0.338 e. The summed E-state index contributed by atoms with van der Waals surface area (Å²) in [5.41, 5.74) is 2.28. The third kappa shape index (κ3) is 1.58. The van der Waals surface area contributed by atoms with Crippen LogP contribution >= 0.6 is 0 Å². The molecular weight excluding hydrogens is 218 g/mol. The van der Waals surface area contributed by atoms with Crippen molar-refractivity contribution in [2.45, 2.75) is 18.8 Å². The number of ether oxygens (including phenoxy) is 1. The minimum atomic E-state index is -0.327. The van der Waals surface area contributed by atoms with Gasteiger partial charge in [0, 0.05) is 18.7 Å². The van der Waals surface area contributed by atoms with Gasteiger partial charge in [-0.25, -0.2) is 9.78 Å². The van der Waals surface area contributed by atoms with Crippen LogP contribution in [0.1, 0.15) is 34.8 Å². The van der Waals surface area contributed by atoms with E-state index in [0.717, 1.165) is 29.6 Å². The highest BCUT2D eigenvalue weighted by Crippen LogP contribution is 2.40. The van der Waals surface area contributed by atoms with E-state index in [4.69, 9.17) is 4.74 Å². The Hall–Kier alpha value is -1.91. The molecule has 0 saturated heterocycles. The molecule has 88 valence electrons. The van der Waals surface area contributed by atoms with Gasteiger partial charge in [0.1, 0.15) is 0 Å². The third-order valence-corrected chi connectivity index (χ3v) is 3.13. The molecule has 0 unspecified atom stereocenters. The van der Waals surface area contributed by atoms with Crippen LogP contribution in [0.25, 0.3) is 11.0 Å². The molecule has 0 amide bonds. The third-order valence-electron chi connectivity index (χ3n) is 3.13. The number of fused-ring (bicyclic) bond motifs is 1. The predicted molar refractivity (Wildman–Crippen MR) is 61.8 cm³/mol. The Bertz CT molecular complexity index is 599. The quantitative estimate of drug-likeness (QED) is 0.737. The standard InChI is InChI=1S/C12H13N3O2/c1-15-11-9(6-13-15)8(12(16)17-2)5-10(14-11)7-3-4-7/h5-7H,3-4H2,1-2H3. The number of hydrogen-bond donors (Lipinski definition) is 0. The van der Waals surface area contributed by atoms with Crippen LogP contribution in [0.15, 0.2) is 12.3 Å². The topological polar surface area (TPSA) is 57.0 Å². The minimum absolute atomic E-state index is 0.327. The Morgan fingerprint density at radius 2 is 2.29 bits per heavy atom. The summed E-state index contributed by atoms with van der Waals surface area (Å²) in [5, 5.41) is 4.89. The lowest BCUT2D eigenvalue weighted by atomic mass is 10.1. The Labute approximate surface area is 98.4 Å².